The van der Waals surface area contributed by atoms with Crippen LogP contribution in [-0.2, 0) is 22.6 Å². The van der Waals surface area contributed by atoms with Crippen molar-refractivity contribution in [3.05, 3.63) is 46.5 Å². The zero-order valence-corrected chi connectivity index (χ0v) is 19.7. The summed E-state index contributed by atoms with van der Waals surface area (Å²) >= 11 is 0. The van der Waals surface area contributed by atoms with Crippen LogP contribution in [-0.4, -0.2) is 75.3 Å². The SMILES string of the molecule is COc1ccc2ncc(=O)n(CC[C@H](O)CN[C@@H]3CC(=O)N(c4ccc5c(n4)CC(=O)CO5)C3)c2n1. The number of rotatable bonds is 8. The molecule has 5 heterocycles. The van der Waals surface area contributed by atoms with Gasteiger partial charge in [0.15, 0.2) is 11.4 Å². The summed E-state index contributed by atoms with van der Waals surface area (Å²) in [7, 11) is 1.49. The number of ketones is 1. The lowest BCUT2D eigenvalue weighted by molar-refractivity contribution is -0.121. The Bertz CT molecular complexity index is 1370. The number of aromatic nitrogens is 4. The van der Waals surface area contributed by atoms with E-state index in [-0.39, 0.29) is 55.8 Å². The molecule has 0 radical (unpaired) electrons. The van der Waals surface area contributed by atoms with Crippen LogP contribution in [0.15, 0.2) is 35.3 Å². The van der Waals surface area contributed by atoms with Crippen LogP contribution in [0.25, 0.3) is 11.2 Å². The van der Waals surface area contributed by atoms with Crippen LogP contribution in [0.3, 0.4) is 0 Å². The van der Waals surface area contributed by atoms with E-state index in [1.54, 1.807) is 29.2 Å². The maximum atomic E-state index is 12.6. The first-order valence-corrected chi connectivity index (χ1v) is 11.7. The molecule has 2 aliphatic heterocycles. The van der Waals surface area contributed by atoms with Crippen molar-refractivity contribution in [1.82, 2.24) is 24.8 Å². The molecule has 0 saturated carbocycles. The number of nitrogens with one attached hydrogen (secondary N) is 1. The number of amides is 1. The summed E-state index contributed by atoms with van der Waals surface area (Å²) in [5, 5.41) is 13.8. The fraction of sp³-hybridized carbons (Fsp3) is 0.417. The number of hydrogen-bond acceptors (Lipinski definition) is 10. The van der Waals surface area contributed by atoms with Crippen LogP contribution >= 0.6 is 0 Å². The normalized spacial score (nSPS) is 18.3. The van der Waals surface area contributed by atoms with Gasteiger partial charge in [0.25, 0.3) is 5.56 Å². The smallest absolute Gasteiger partial charge is 0.270 e. The van der Waals surface area contributed by atoms with Gasteiger partial charge in [0, 0.05) is 38.2 Å². The Balaban J connectivity index is 1.18. The summed E-state index contributed by atoms with van der Waals surface area (Å²) in [5.74, 6) is 1.28. The summed E-state index contributed by atoms with van der Waals surface area (Å²) in [5.41, 5.74) is 1.17. The number of Topliss-reactive ketones (excluding diaryl/α,β-unsaturated/α-hetero) is 1. The third kappa shape index (κ3) is 4.90. The molecule has 12 heteroatoms. The van der Waals surface area contributed by atoms with Crippen LogP contribution < -0.4 is 25.2 Å². The van der Waals surface area contributed by atoms with Crippen molar-refractivity contribution in [3.63, 3.8) is 0 Å². The van der Waals surface area contributed by atoms with Gasteiger partial charge >= 0.3 is 0 Å². The molecule has 2 aliphatic rings. The summed E-state index contributed by atoms with van der Waals surface area (Å²) < 4.78 is 12.0. The minimum absolute atomic E-state index is 0.0434. The number of aryl methyl sites for hydroxylation is 1. The fourth-order valence-corrected chi connectivity index (χ4v) is 4.38. The number of aliphatic hydroxyl groups excluding tert-OH is 1. The van der Waals surface area contributed by atoms with Crippen molar-refractivity contribution < 1.29 is 24.2 Å². The molecule has 5 rings (SSSR count). The van der Waals surface area contributed by atoms with E-state index in [4.69, 9.17) is 9.47 Å². The molecular formula is C24H26N6O6. The predicted molar refractivity (Wildman–Crippen MR) is 128 cm³/mol. The van der Waals surface area contributed by atoms with Gasteiger partial charge in [-0.1, -0.05) is 0 Å². The number of hydrogen-bond donors (Lipinski definition) is 2. The second-order valence-corrected chi connectivity index (χ2v) is 8.82. The first-order chi connectivity index (χ1) is 17.4. The third-order valence-electron chi connectivity index (χ3n) is 6.27. The Hall–Kier alpha value is -3.90. The van der Waals surface area contributed by atoms with E-state index >= 15 is 0 Å². The van der Waals surface area contributed by atoms with Gasteiger partial charge in [-0.05, 0) is 24.6 Å². The molecule has 0 unspecified atom stereocenters. The number of ether oxygens (including phenoxy) is 2. The van der Waals surface area contributed by atoms with E-state index in [9.17, 15) is 19.5 Å². The van der Waals surface area contributed by atoms with E-state index in [0.29, 0.717) is 47.3 Å². The highest BCUT2D eigenvalue weighted by molar-refractivity contribution is 5.95. The predicted octanol–water partition coefficient (Wildman–Crippen LogP) is -0.155. The molecule has 1 fully saturated rings. The van der Waals surface area contributed by atoms with E-state index in [2.05, 4.69) is 20.3 Å². The minimum Gasteiger partial charge on any atom is -0.484 e. The second-order valence-electron chi connectivity index (χ2n) is 8.82. The highest BCUT2D eigenvalue weighted by Crippen LogP contribution is 2.27. The van der Waals surface area contributed by atoms with Gasteiger partial charge in [-0.15, -0.1) is 0 Å². The molecule has 0 bridgehead atoms. The molecule has 2 N–H and O–H groups in total. The fourth-order valence-electron chi connectivity index (χ4n) is 4.38. The van der Waals surface area contributed by atoms with Crippen molar-refractivity contribution in [2.24, 2.45) is 0 Å². The molecule has 188 valence electrons. The summed E-state index contributed by atoms with van der Waals surface area (Å²) in [6.45, 7) is 0.933. The lowest BCUT2D eigenvalue weighted by Gasteiger charge is -2.21. The number of anilines is 1. The molecule has 2 atom stereocenters. The van der Waals surface area contributed by atoms with Crippen molar-refractivity contribution in [1.29, 1.82) is 0 Å². The van der Waals surface area contributed by atoms with Gasteiger partial charge in [0.05, 0.1) is 31.5 Å². The molecular weight excluding hydrogens is 468 g/mol. The number of fused-ring (bicyclic) bond motifs is 2. The molecule has 0 spiro atoms. The molecule has 1 saturated heterocycles. The highest BCUT2D eigenvalue weighted by Gasteiger charge is 2.32. The van der Waals surface area contributed by atoms with Crippen molar-refractivity contribution in [2.75, 3.05) is 31.7 Å². The lowest BCUT2D eigenvalue weighted by Crippen LogP contribution is -2.38. The van der Waals surface area contributed by atoms with E-state index in [0.717, 1.165) is 0 Å². The van der Waals surface area contributed by atoms with Crippen LogP contribution in [0.5, 0.6) is 11.6 Å². The van der Waals surface area contributed by atoms with Crippen molar-refractivity contribution in [3.8, 4) is 11.6 Å². The zero-order chi connectivity index (χ0) is 25.2. The second kappa shape index (κ2) is 9.99. The number of pyridine rings is 2. The van der Waals surface area contributed by atoms with Crippen LogP contribution in [0.4, 0.5) is 5.82 Å². The number of nitrogens with zero attached hydrogens (tertiary/aromatic N) is 5. The van der Waals surface area contributed by atoms with E-state index in [1.807, 2.05) is 0 Å². The van der Waals surface area contributed by atoms with Gasteiger partial charge in [0.1, 0.15) is 23.7 Å². The summed E-state index contributed by atoms with van der Waals surface area (Å²) in [6, 6.07) is 6.67. The molecule has 3 aromatic heterocycles. The largest absolute Gasteiger partial charge is 0.484 e. The van der Waals surface area contributed by atoms with E-state index in [1.165, 1.54) is 17.9 Å². The van der Waals surface area contributed by atoms with Gasteiger partial charge in [0.2, 0.25) is 11.8 Å². The number of aliphatic hydroxyl groups is 1. The first kappa shape index (κ1) is 23.8. The Labute approximate surface area is 205 Å². The Morgan fingerprint density at radius 1 is 1.22 bits per heavy atom. The van der Waals surface area contributed by atoms with Crippen LogP contribution in [0, 0.1) is 0 Å². The molecule has 3 aromatic rings. The first-order valence-electron chi connectivity index (χ1n) is 11.7. The van der Waals surface area contributed by atoms with Gasteiger partial charge in [-0.3, -0.25) is 23.9 Å². The Morgan fingerprint density at radius 2 is 2.08 bits per heavy atom. The number of carbonyl (C=O) groups excluding carboxylic acids is 2. The Morgan fingerprint density at radius 3 is 2.92 bits per heavy atom. The minimum atomic E-state index is -0.750. The lowest BCUT2D eigenvalue weighted by atomic mass is 10.1. The topological polar surface area (TPSA) is 149 Å². The highest BCUT2D eigenvalue weighted by atomic mass is 16.5. The standard InChI is InChI=1S/C24H26N6O6/c1-35-21-5-2-17-24(28-21)29(23(34)11-26-17)7-6-15(31)10-25-14-8-22(33)30(12-14)20-4-3-19-18(27-20)9-16(32)13-36-19/h2-5,11,14-15,25,31H,6-10,12-13H2,1H3/t14-,15+/m1/s1. The monoisotopic (exact) mass is 494 g/mol. The summed E-state index contributed by atoms with van der Waals surface area (Å²) in [6.07, 6.45) is 1.24. The number of methoxy groups -OCH3 is 1. The van der Waals surface area contributed by atoms with Crippen molar-refractivity contribution >= 4 is 28.7 Å². The van der Waals surface area contributed by atoms with Crippen molar-refractivity contribution in [2.45, 2.75) is 38.0 Å². The average molecular weight is 495 g/mol. The third-order valence-corrected chi connectivity index (χ3v) is 6.27. The quantitative estimate of drug-likeness (QED) is 0.433. The van der Waals surface area contributed by atoms with Crippen LogP contribution in [0.2, 0.25) is 0 Å². The molecule has 0 aliphatic carbocycles. The molecule has 36 heavy (non-hydrogen) atoms. The zero-order valence-electron chi connectivity index (χ0n) is 19.7. The van der Waals surface area contributed by atoms with Gasteiger partial charge in [-0.25, -0.2) is 9.97 Å². The summed E-state index contributed by atoms with van der Waals surface area (Å²) in [4.78, 5) is 51.1. The number of carbonyl (C=O) groups is 2. The van der Waals surface area contributed by atoms with Gasteiger partial charge < -0.3 is 19.9 Å². The van der Waals surface area contributed by atoms with E-state index < -0.39 is 6.10 Å². The maximum Gasteiger partial charge on any atom is 0.270 e. The Kier molecular flexibility index (Phi) is 6.61. The molecule has 1 amide bonds. The van der Waals surface area contributed by atoms with Gasteiger partial charge in [-0.2, -0.15) is 4.98 Å². The van der Waals surface area contributed by atoms with Crippen LogP contribution in [0.1, 0.15) is 18.5 Å². The molecule has 12 nitrogen and oxygen atoms in total. The maximum absolute atomic E-state index is 12.6. The molecule has 0 aromatic carbocycles. The average Bonchev–Trinajstić information content (AvgIpc) is 3.26.